The molecule has 2 aromatic heterocycles. The molecule has 6 nitrogen and oxygen atoms in total. The second kappa shape index (κ2) is 6.24. The van der Waals surface area contributed by atoms with Gasteiger partial charge in [-0.25, -0.2) is 4.98 Å². The highest BCUT2D eigenvalue weighted by molar-refractivity contribution is 5.68. The Bertz CT molecular complexity index is 1040. The minimum Gasteiger partial charge on any atom is -0.497 e. The number of nitrogens with zero attached hydrogens (tertiary/aromatic N) is 4. The van der Waals surface area contributed by atoms with Gasteiger partial charge < -0.3 is 9.47 Å². The number of benzene rings is 2. The lowest BCUT2D eigenvalue weighted by Gasteiger charge is -2.06. The Morgan fingerprint density at radius 3 is 2.64 bits per heavy atom. The molecule has 4 aromatic rings. The number of ether oxygens (including phenoxy) is 2. The summed E-state index contributed by atoms with van der Waals surface area (Å²) in [5.74, 6) is 2.61. The van der Waals surface area contributed by atoms with Crippen molar-refractivity contribution >= 4 is 5.78 Å². The van der Waals surface area contributed by atoms with Gasteiger partial charge in [0.2, 0.25) is 0 Å². The van der Waals surface area contributed by atoms with Crippen molar-refractivity contribution in [2.75, 3.05) is 14.2 Å². The van der Waals surface area contributed by atoms with Crippen LogP contribution >= 0.6 is 0 Å². The van der Waals surface area contributed by atoms with Crippen LogP contribution in [0, 0.1) is 0 Å². The van der Waals surface area contributed by atoms with E-state index in [0.29, 0.717) is 11.6 Å². The summed E-state index contributed by atoms with van der Waals surface area (Å²) in [5, 5.41) is 4.65. The summed E-state index contributed by atoms with van der Waals surface area (Å²) in [6.45, 7) is 0. The van der Waals surface area contributed by atoms with E-state index in [1.807, 2.05) is 54.6 Å². The highest BCUT2D eigenvalue weighted by Crippen LogP contribution is 2.29. The molecule has 0 saturated heterocycles. The van der Waals surface area contributed by atoms with Crippen molar-refractivity contribution in [1.82, 2.24) is 19.6 Å². The molecule has 0 spiro atoms. The van der Waals surface area contributed by atoms with Gasteiger partial charge in [-0.1, -0.05) is 24.3 Å². The number of hydrogen-bond donors (Lipinski definition) is 0. The lowest BCUT2D eigenvalue weighted by molar-refractivity contribution is 0.415. The highest BCUT2D eigenvalue weighted by atomic mass is 16.5. The molecule has 2 aromatic carbocycles. The van der Waals surface area contributed by atoms with Crippen LogP contribution in [0.25, 0.3) is 28.4 Å². The predicted molar refractivity (Wildman–Crippen MR) is 94.8 cm³/mol. The maximum absolute atomic E-state index is 5.41. The molecule has 0 atom stereocenters. The van der Waals surface area contributed by atoms with Gasteiger partial charge >= 0.3 is 0 Å². The van der Waals surface area contributed by atoms with Gasteiger partial charge in [-0.3, -0.25) is 0 Å². The number of methoxy groups -OCH3 is 2. The van der Waals surface area contributed by atoms with E-state index >= 15 is 0 Å². The van der Waals surface area contributed by atoms with Crippen LogP contribution in [0.3, 0.4) is 0 Å². The normalized spacial score (nSPS) is 10.8. The standard InChI is InChI=1S/C19H16N4O2/c1-24-14-7-5-6-13(12-14)16-10-11-20-19-21-18(22-23(16)19)15-8-3-4-9-17(15)25-2/h3-12H,1-2H3. The fraction of sp³-hybridized carbons (Fsp3) is 0.105. The van der Waals surface area contributed by atoms with Crippen molar-refractivity contribution in [3.8, 4) is 34.1 Å². The SMILES string of the molecule is COc1cccc(-c2ccnc3nc(-c4ccccc4OC)nn23)c1. The zero-order valence-electron chi connectivity index (χ0n) is 13.9. The Kier molecular flexibility index (Phi) is 3.78. The lowest BCUT2D eigenvalue weighted by Crippen LogP contribution is -1.96. The number of hydrogen-bond acceptors (Lipinski definition) is 5. The Balaban J connectivity index is 1.89. The van der Waals surface area contributed by atoms with Crippen LogP contribution in [0.2, 0.25) is 0 Å². The molecular weight excluding hydrogens is 316 g/mol. The summed E-state index contributed by atoms with van der Waals surface area (Å²) in [4.78, 5) is 8.88. The van der Waals surface area contributed by atoms with Crippen LogP contribution in [-0.2, 0) is 0 Å². The van der Waals surface area contributed by atoms with Crippen LogP contribution in [-0.4, -0.2) is 33.8 Å². The molecule has 0 unspecified atom stereocenters. The number of rotatable bonds is 4. The summed E-state index contributed by atoms with van der Waals surface area (Å²) in [6, 6.07) is 17.4. The first-order chi connectivity index (χ1) is 12.3. The van der Waals surface area contributed by atoms with E-state index < -0.39 is 0 Å². The molecule has 0 aliphatic carbocycles. The first-order valence-corrected chi connectivity index (χ1v) is 7.80. The van der Waals surface area contributed by atoms with Crippen molar-refractivity contribution in [1.29, 1.82) is 0 Å². The van der Waals surface area contributed by atoms with Crippen LogP contribution in [0.15, 0.2) is 60.8 Å². The van der Waals surface area contributed by atoms with Crippen molar-refractivity contribution < 1.29 is 9.47 Å². The fourth-order valence-electron chi connectivity index (χ4n) is 2.74. The molecule has 0 N–H and O–H groups in total. The summed E-state index contributed by atoms with van der Waals surface area (Å²) >= 11 is 0. The molecular formula is C19H16N4O2. The van der Waals surface area contributed by atoms with Gasteiger partial charge in [0.1, 0.15) is 11.5 Å². The zero-order chi connectivity index (χ0) is 17.2. The second-order valence-corrected chi connectivity index (χ2v) is 5.41. The van der Waals surface area contributed by atoms with Crippen molar-refractivity contribution in [3.63, 3.8) is 0 Å². The predicted octanol–water partition coefficient (Wildman–Crippen LogP) is 3.48. The topological polar surface area (TPSA) is 61.5 Å². The maximum atomic E-state index is 5.41. The first-order valence-electron chi connectivity index (χ1n) is 7.80. The Hall–Kier alpha value is -3.41. The van der Waals surface area contributed by atoms with Gasteiger partial charge in [0, 0.05) is 11.8 Å². The van der Waals surface area contributed by atoms with Crippen LogP contribution in [0.5, 0.6) is 11.5 Å². The molecule has 4 rings (SSSR count). The maximum Gasteiger partial charge on any atom is 0.253 e. The van der Waals surface area contributed by atoms with E-state index in [1.165, 1.54) is 0 Å². The van der Waals surface area contributed by atoms with Crippen LogP contribution in [0.4, 0.5) is 0 Å². The molecule has 0 aliphatic rings. The van der Waals surface area contributed by atoms with Crippen LogP contribution < -0.4 is 9.47 Å². The molecule has 25 heavy (non-hydrogen) atoms. The third-order valence-corrected chi connectivity index (χ3v) is 3.95. The molecule has 0 fully saturated rings. The van der Waals surface area contributed by atoms with Gasteiger partial charge in [0.25, 0.3) is 5.78 Å². The van der Waals surface area contributed by atoms with Crippen LogP contribution in [0.1, 0.15) is 0 Å². The number of para-hydroxylation sites is 1. The van der Waals surface area contributed by atoms with E-state index in [9.17, 15) is 0 Å². The summed E-state index contributed by atoms with van der Waals surface area (Å²) in [5.41, 5.74) is 2.69. The van der Waals surface area contributed by atoms with E-state index in [-0.39, 0.29) is 0 Å². The van der Waals surface area contributed by atoms with E-state index in [0.717, 1.165) is 28.3 Å². The smallest absolute Gasteiger partial charge is 0.253 e. The lowest BCUT2D eigenvalue weighted by atomic mass is 10.1. The molecule has 0 aliphatic heterocycles. The summed E-state index contributed by atoms with van der Waals surface area (Å²) in [6.07, 6.45) is 1.73. The van der Waals surface area contributed by atoms with E-state index in [4.69, 9.17) is 9.47 Å². The van der Waals surface area contributed by atoms with E-state index in [2.05, 4.69) is 15.1 Å². The largest absolute Gasteiger partial charge is 0.497 e. The highest BCUT2D eigenvalue weighted by Gasteiger charge is 2.14. The third-order valence-electron chi connectivity index (χ3n) is 3.95. The van der Waals surface area contributed by atoms with Gasteiger partial charge in [-0.15, -0.1) is 5.10 Å². The minimum atomic E-state index is 0.529. The molecule has 124 valence electrons. The van der Waals surface area contributed by atoms with Gasteiger partial charge in [0.05, 0.1) is 25.5 Å². The summed E-state index contributed by atoms with van der Waals surface area (Å²) in [7, 11) is 3.28. The molecule has 2 heterocycles. The molecule has 0 amide bonds. The molecule has 6 heteroatoms. The average Bonchev–Trinajstić information content (AvgIpc) is 3.12. The van der Waals surface area contributed by atoms with Gasteiger partial charge in [-0.2, -0.15) is 9.50 Å². The zero-order valence-corrected chi connectivity index (χ0v) is 13.9. The quantitative estimate of drug-likeness (QED) is 0.572. The monoisotopic (exact) mass is 332 g/mol. The molecule has 0 saturated carbocycles. The van der Waals surface area contributed by atoms with E-state index in [1.54, 1.807) is 24.9 Å². The average molecular weight is 332 g/mol. The Morgan fingerprint density at radius 2 is 1.80 bits per heavy atom. The second-order valence-electron chi connectivity index (χ2n) is 5.41. The number of fused-ring (bicyclic) bond motifs is 1. The Morgan fingerprint density at radius 1 is 0.920 bits per heavy atom. The first kappa shape index (κ1) is 15.1. The van der Waals surface area contributed by atoms with Crippen molar-refractivity contribution in [2.45, 2.75) is 0 Å². The van der Waals surface area contributed by atoms with Gasteiger partial charge in [0.15, 0.2) is 5.82 Å². The molecule has 0 bridgehead atoms. The fourth-order valence-corrected chi connectivity index (χ4v) is 2.74. The summed E-state index contributed by atoms with van der Waals surface area (Å²) < 4.78 is 12.5. The number of aromatic nitrogens is 4. The van der Waals surface area contributed by atoms with Crippen molar-refractivity contribution in [3.05, 3.63) is 60.8 Å². The third kappa shape index (κ3) is 2.67. The minimum absolute atomic E-state index is 0.529. The Labute approximate surface area is 144 Å². The molecule has 0 radical (unpaired) electrons. The van der Waals surface area contributed by atoms with Gasteiger partial charge in [-0.05, 0) is 30.3 Å². The van der Waals surface area contributed by atoms with Crippen molar-refractivity contribution in [2.24, 2.45) is 0 Å².